The third-order valence-electron chi connectivity index (χ3n) is 3.74. The van der Waals surface area contributed by atoms with E-state index in [0.29, 0.717) is 12.2 Å². The average molecular weight is 285 g/mol. The minimum atomic E-state index is -0.223. The molecule has 21 heavy (non-hydrogen) atoms. The van der Waals surface area contributed by atoms with Gasteiger partial charge in [0, 0.05) is 17.2 Å². The smallest absolute Gasteiger partial charge is 0.256 e. The number of rotatable bonds is 5. The highest BCUT2D eigenvalue weighted by Gasteiger charge is 2.28. The van der Waals surface area contributed by atoms with Crippen LogP contribution < -0.4 is 10.3 Å². The molecule has 1 aromatic heterocycles. The topological polar surface area (TPSA) is 51.5 Å². The van der Waals surface area contributed by atoms with Gasteiger partial charge in [0.2, 0.25) is 0 Å². The van der Waals surface area contributed by atoms with Crippen LogP contribution in [0.1, 0.15) is 31.4 Å². The van der Waals surface area contributed by atoms with Gasteiger partial charge in [0.05, 0.1) is 18.9 Å². The Hall–Kier alpha value is -2.07. The van der Waals surface area contributed by atoms with Crippen molar-refractivity contribution in [3.8, 4) is 17.0 Å². The first-order chi connectivity index (χ1) is 10.3. The molecule has 0 bridgehead atoms. The van der Waals surface area contributed by atoms with Crippen molar-refractivity contribution in [2.45, 2.75) is 32.4 Å². The quantitative estimate of drug-likeness (QED) is 0.919. The summed E-state index contributed by atoms with van der Waals surface area (Å²) in [5, 5.41) is 9.31. The van der Waals surface area contributed by atoms with Crippen molar-refractivity contribution in [3.63, 3.8) is 0 Å². The first kappa shape index (κ1) is 13.9. The van der Waals surface area contributed by atoms with Crippen LogP contribution >= 0.6 is 0 Å². The number of pyridine rings is 1. The number of aliphatic hydroxyl groups excluding tert-OH is 1. The fourth-order valence-electron chi connectivity index (χ4n) is 2.59. The van der Waals surface area contributed by atoms with Crippen molar-refractivity contribution in [1.82, 2.24) is 4.57 Å². The Balaban J connectivity index is 2.19. The molecule has 0 radical (unpaired) electrons. The van der Waals surface area contributed by atoms with Crippen LogP contribution in [0.5, 0.6) is 5.75 Å². The van der Waals surface area contributed by atoms with Gasteiger partial charge in [0.25, 0.3) is 5.56 Å². The fourth-order valence-corrected chi connectivity index (χ4v) is 2.59. The molecule has 1 heterocycles. The van der Waals surface area contributed by atoms with E-state index in [9.17, 15) is 9.90 Å². The zero-order valence-electron chi connectivity index (χ0n) is 12.1. The third-order valence-corrected chi connectivity index (χ3v) is 3.74. The Morgan fingerprint density at radius 2 is 2.00 bits per heavy atom. The maximum Gasteiger partial charge on any atom is 0.256 e. The summed E-state index contributed by atoms with van der Waals surface area (Å²) in [7, 11) is 0. The summed E-state index contributed by atoms with van der Waals surface area (Å²) in [4.78, 5) is 12.5. The number of hydrogen-bond donors (Lipinski definition) is 1. The Kier molecular flexibility index (Phi) is 3.80. The zero-order chi connectivity index (χ0) is 14.8. The van der Waals surface area contributed by atoms with E-state index in [2.05, 4.69) is 0 Å². The Labute approximate surface area is 123 Å². The molecule has 0 spiro atoms. The molecule has 1 aromatic carbocycles. The minimum absolute atomic E-state index is 0.0937. The number of hydrogen-bond acceptors (Lipinski definition) is 3. The molecule has 2 aromatic rings. The second-order valence-corrected chi connectivity index (χ2v) is 5.24. The van der Waals surface area contributed by atoms with Crippen LogP contribution in [0.3, 0.4) is 0 Å². The highest BCUT2D eigenvalue weighted by molar-refractivity contribution is 5.68. The average Bonchev–Trinajstić information content (AvgIpc) is 3.32. The van der Waals surface area contributed by atoms with Gasteiger partial charge in [-0.15, -0.1) is 0 Å². The van der Waals surface area contributed by atoms with Crippen molar-refractivity contribution in [2.75, 3.05) is 6.61 Å². The molecule has 0 amide bonds. The number of para-hydroxylation sites is 1. The van der Waals surface area contributed by atoms with Crippen molar-refractivity contribution >= 4 is 0 Å². The second kappa shape index (κ2) is 5.74. The van der Waals surface area contributed by atoms with E-state index in [1.165, 1.54) is 0 Å². The first-order valence-corrected chi connectivity index (χ1v) is 7.33. The zero-order valence-corrected chi connectivity index (χ0v) is 12.1. The highest BCUT2D eigenvalue weighted by atomic mass is 16.5. The van der Waals surface area contributed by atoms with Gasteiger partial charge in [0.15, 0.2) is 0 Å². The molecule has 1 saturated carbocycles. The third kappa shape index (κ3) is 2.59. The molecule has 4 nitrogen and oxygen atoms in total. The van der Waals surface area contributed by atoms with Crippen LogP contribution in [0.25, 0.3) is 11.3 Å². The molecule has 0 aliphatic heterocycles. The molecule has 4 heteroatoms. The van der Waals surface area contributed by atoms with Gasteiger partial charge in [-0.2, -0.15) is 0 Å². The van der Waals surface area contributed by atoms with Crippen molar-refractivity contribution in [1.29, 1.82) is 0 Å². The van der Waals surface area contributed by atoms with Gasteiger partial charge < -0.3 is 14.4 Å². The summed E-state index contributed by atoms with van der Waals surface area (Å²) in [5.41, 5.74) is 2.14. The fraction of sp³-hybridized carbons (Fsp3) is 0.353. The molecule has 1 fully saturated rings. The standard InChI is InChI=1S/C17H19NO3/c1-2-21-16-6-4-3-5-14(16)15-10-7-12(11-19)17(20)18(15)13-8-9-13/h3-7,10,13,19H,2,8-9,11H2,1H3. The van der Waals surface area contributed by atoms with E-state index >= 15 is 0 Å². The summed E-state index contributed by atoms with van der Waals surface area (Å²) in [6.07, 6.45) is 2.02. The van der Waals surface area contributed by atoms with E-state index < -0.39 is 0 Å². The predicted molar refractivity (Wildman–Crippen MR) is 81.5 cm³/mol. The molecule has 110 valence electrons. The largest absolute Gasteiger partial charge is 0.493 e. The normalized spacial score (nSPS) is 14.2. The Morgan fingerprint density at radius 3 is 2.67 bits per heavy atom. The van der Waals surface area contributed by atoms with E-state index in [-0.39, 0.29) is 18.2 Å². The van der Waals surface area contributed by atoms with Crippen LogP contribution in [0, 0.1) is 0 Å². The molecule has 1 N–H and O–H groups in total. The van der Waals surface area contributed by atoms with E-state index in [1.54, 1.807) is 6.07 Å². The number of ether oxygens (including phenoxy) is 1. The Morgan fingerprint density at radius 1 is 1.24 bits per heavy atom. The molecule has 0 unspecified atom stereocenters. The van der Waals surface area contributed by atoms with Gasteiger partial charge in [-0.3, -0.25) is 4.79 Å². The SMILES string of the molecule is CCOc1ccccc1-c1ccc(CO)c(=O)n1C1CC1. The lowest BCUT2D eigenvalue weighted by Gasteiger charge is -2.16. The van der Waals surface area contributed by atoms with Crippen molar-refractivity contribution < 1.29 is 9.84 Å². The molecular formula is C17H19NO3. The van der Waals surface area contributed by atoms with Crippen LogP contribution in [-0.4, -0.2) is 16.3 Å². The van der Waals surface area contributed by atoms with Crippen LogP contribution in [0.15, 0.2) is 41.2 Å². The van der Waals surface area contributed by atoms with Gasteiger partial charge in [-0.1, -0.05) is 12.1 Å². The minimum Gasteiger partial charge on any atom is -0.493 e. The monoisotopic (exact) mass is 285 g/mol. The van der Waals surface area contributed by atoms with E-state index in [4.69, 9.17) is 4.74 Å². The number of benzene rings is 1. The Bertz CT molecular complexity index is 701. The molecule has 3 rings (SSSR count). The summed E-state index contributed by atoms with van der Waals surface area (Å²) in [6.45, 7) is 2.30. The van der Waals surface area contributed by atoms with Crippen molar-refractivity contribution in [3.05, 3.63) is 52.3 Å². The summed E-state index contributed by atoms with van der Waals surface area (Å²) < 4.78 is 7.49. The lowest BCUT2D eigenvalue weighted by Crippen LogP contribution is -2.24. The van der Waals surface area contributed by atoms with Crippen molar-refractivity contribution in [2.24, 2.45) is 0 Å². The number of aromatic nitrogens is 1. The maximum atomic E-state index is 12.5. The predicted octanol–water partition coefficient (Wildman–Crippen LogP) is 2.74. The lowest BCUT2D eigenvalue weighted by atomic mass is 10.1. The summed E-state index contributed by atoms with van der Waals surface area (Å²) in [6, 6.07) is 11.6. The van der Waals surface area contributed by atoms with Crippen LogP contribution in [-0.2, 0) is 6.61 Å². The van der Waals surface area contributed by atoms with E-state index in [0.717, 1.165) is 29.8 Å². The van der Waals surface area contributed by atoms with Crippen LogP contribution in [0.4, 0.5) is 0 Å². The van der Waals surface area contributed by atoms with Gasteiger partial charge in [-0.25, -0.2) is 0 Å². The molecule has 1 aliphatic carbocycles. The lowest BCUT2D eigenvalue weighted by molar-refractivity contribution is 0.279. The highest BCUT2D eigenvalue weighted by Crippen LogP contribution is 2.39. The number of aliphatic hydroxyl groups is 1. The molecule has 1 aliphatic rings. The van der Waals surface area contributed by atoms with Crippen LogP contribution in [0.2, 0.25) is 0 Å². The maximum absolute atomic E-state index is 12.5. The molecule has 0 atom stereocenters. The molecular weight excluding hydrogens is 266 g/mol. The summed E-state index contributed by atoms with van der Waals surface area (Å²) >= 11 is 0. The first-order valence-electron chi connectivity index (χ1n) is 7.33. The molecule has 0 saturated heterocycles. The van der Waals surface area contributed by atoms with E-state index in [1.807, 2.05) is 41.8 Å². The van der Waals surface area contributed by atoms with Gasteiger partial charge >= 0.3 is 0 Å². The van der Waals surface area contributed by atoms with Gasteiger partial charge in [-0.05, 0) is 44.0 Å². The second-order valence-electron chi connectivity index (χ2n) is 5.24. The summed E-state index contributed by atoms with van der Waals surface area (Å²) in [5.74, 6) is 0.783. The van der Waals surface area contributed by atoms with Gasteiger partial charge in [0.1, 0.15) is 5.75 Å². The number of nitrogens with zero attached hydrogens (tertiary/aromatic N) is 1.